The standard InChI is InChI=1S/C12H9ClO3S2/c1-18(15,16)9-4-2-8(3-5-9)12(14)10-6-7-11(13)17-10/h2-7H,1H3. The number of halogens is 1. The van der Waals surface area contributed by atoms with Gasteiger partial charge < -0.3 is 0 Å². The molecule has 2 aromatic rings. The van der Waals surface area contributed by atoms with Crippen LogP contribution in [0.2, 0.25) is 4.34 Å². The van der Waals surface area contributed by atoms with E-state index in [0.717, 1.165) is 6.26 Å². The van der Waals surface area contributed by atoms with Crippen molar-refractivity contribution in [1.82, 2.24) is 0 Å². The third-order valence-corrected chi connectivity index (χ3v) is 4.70. The fourth-order valence-corrected chi connectivity index (χ4v) is 3.07. The predicted molar refractivity (Wildman–Crippen MR) is 72.3 cm³/mol. The summed E-state index contributed by atoms with van der Waals surface area (Å²) in [4.78, 5) is 12.8. The normalized spacial score (nSPS) is 11.4. The lowest BCUT2D eigenvalue weighted by atomic mass is 10.1. The second-order valence-electron chi connectivity index (χ2n) is 3.73. The number of rotatable bonds is 3. The Hall–Kier alpha value is -1.17. The number of carbonyl (C=O) groups is 1. The number of carbonyl (C=O) groups excluding carboxylic acids is 1. The third kappa shape index (κ3) is 2.80. The van der Waals surface area contributed by atoms with Crippen molar-refractivity contribution in [2.24, 2.45) is 0 Å². The lowest BCUT2D eigenvalue weighted by molar-refractivity contribution is 0.104. The van der Waals surface area contributed by atoms with Gasteiger partial charge in [0.05, 0.1) is 14.1 Å². The summed E-state index contributed by atoms with van der Waals surface area (Å²) in [6, 6.07) is 9.18. The van der Waals surface area contributed by atoms with Gasteiger partial charge in [0.1, 0.15) is 0 Å². The molecule has 18 heavy (non-hydrogen) atoms. The van der Waals surface area contributed by atoms with Crippen molar-refractivity contribution in [2.45, 2.75) is 4.90 Å². The first kappa shape index (κ1) is 13.3. The van der Waals surface area contributed by atoms with Gasteiger partial charge in [-0.15, -0.1) is 11.3 Å². The van der Waals surface area contributed by atoms with Crippen LogP contribution in [0.1, 0.15) is 15.2 Å². The summed E-state index contributed by atoms with van der Waals surface area (Å²) in [5.74, 6) is -0.160. The van der Waals surface area contributed by atoms with Gasteiger partial charge >= 0.3 is 0 Å². The van der Waals surface area contributed by atoms with Gasteiger partial charge in [0.15, 0.2) is 9.84 Å². The summed E-state index contributed by atoms with van der Waals surface area (Å²) >= 11 is 6.96. The van der Waals surface area contributed by atoms with E-state index in [1.807, 2.05) is 0 Å². The Morgan fingerprint density at radius 2 is 1.72 bits per heavy atom. The fraction of sp³-hybridized carbons (Fsp3) is 0.0833. The maximum atomic E-state index is 12.0. The van der Waals surface area contributed by atoms with Crippen LogP contribution in [-0.4, -0.2) is 20.5 Å². The number of hydrogen-bond donors (Lipinski definition) is 0. The third-order valence-electron chi connectivity index (χ3n) is 2.34. The molecule has 0 bridgehead atoms. The van der Waals surface area contributed by atoms with Gasteiger partial charge in [-0.2, -0.15) is 0 Å². The minimum Gasteiger partial charge on any atom is -0.288 e. The number of sulfone groups is 1. The summed E-state index contributed by atoms with van der Waals surface area (Å²) in [5.41, 5.74) is 0.445. The molecular formula is C12H9ClO3S2. The van der Waals surface area contributed by atoms with Crippen LogP contribution in [0.25, 0.3) is 0 Å². The SMILES string of the molecule is CS(=O)(=O)c1ccc(C(=O)c2ccc(Cl)s2)cc1. The average molecular weight is 301 g/mol. The van der Waals surface area contributed by atoms with Crippen molar-refractivity contribution in [3.05, 3.63) is 51.2 Å². The van der Waals surface area contributed by atoms with Crippen molar-refractivity contribution in [3.63, 3.8) is 0 Å². The minimum atomic E-state index is -3.24. The maximum absolute atomic E-state index is 12.0. The van der Waals surface area contributed by atoms with Gasteiger partial charge in [0.2, 0.25) is 5.78 Å². The van der Waals surface area contributed by atoms with Crippen LogP contribution in [0.4, 0.5) is 0 Å². The van der Waals surface area contributed by atoms with Crippen LogP contribution in [0.3, 0.4) is 0 Å². The minimum absolute atomic E-state index is 0.160. The van der Waals surface area contributed by atoms with E-state index in [1.165, 1.54) is 35.6 Å². The maximum Gasteiger partial charge on any atom is 0.202 e. The van der Waals surface area contributed by atoms with E-state index in [9.17, 15) is 13.2 Å². The molecule has 0 radical (unpaired) electrons. The molecule has 1 heterocycles. The Bertz CT molecular complexity index is 684. The highest BCUT2D eigenvalue weighted by Crippen LogP contribution is 2.24. The summed E-state index contributed by atoms with van der Waals surface area (Å²) in [6.45, 7) is 0. The van der Waals surface area contributed by atoms with E-state index in [-0.39, 0.29) is 10.7 Å². The molecule has 0 N–H and O–H groups in total. The first-order chi connectivity index (χ1) is 8.38. The van der Waals surface area contributed by atoms with Crippen LogP contribution in [0, 0.1) is 0 Å². The van der Waals surface area contributed by atoms with Crippen LogP contribution < -0.4 is 0 Å². The molecule has 6 heteroatoms. The molecule has 0 aliphatic heterocycles. The Labute approximate surface area is 114 Å². The van der Waals surface area contributed by atoms with Crippen molar-refractivity contribution in [2.75, 3.05) is 6.26 Å². The average Bonchev–Trinajstić information content (AvgIpc) is 2.74. The Morgan fingerprint density at radius 1 is 1.11 bits per heavy atom. The Kier molecular flexibility index (Phi) is 3.56. The number of thiophene rings is 1. The van der Waals surface area contributed by atoms with Gasteiger partial charge in [-0.1, -0.05) is 11.6 Å². The molecule has 0 saturated heterocycles. The Balaban J connectivity index is 2.33. The van der Waals surface area contributed by atoms with Crippen molar-refractivity contribution < 1.29 is 13.2 Å². The molecule has 0 unspecified atom stereocenters. The van der Waals surface area contributed by atoms with E-state index in [4.69, 9.17) is 11.6 Å². The molecule has 0 amide bonds. The monoisotopic (exact) mass is 300 g/mol. The molecule has 0 atom stereocenters. The van der Waals surface area contributed by atoms with Crippen LogP contribution in [0.15, 0.2) is 41.3 Å². The Morgan fingerprint density at radius 3 is 2.17 bits per heavy atom. The zero-order valence-electron chi connectivity index (χ0n) is 9.38. The van der Waals surface area contributed by atoms with E-state index < -0.39 is 9.84 Å². The molecular weight excluding hydrogens is 292 g/mol. The van der Waals surface area contributed by atoms with E-state index >= 15 is 0 Å². The van der Waals surface area contributed by atoms with Crippen LogP contribution >= 0.6 is 22.9 Å². The quantitative estimate of drug-likeness (QED) is 0.819. The highest BCUT2D eigenvalue weighted by atomic mass is 35.5. The summed E-state index contributed by atoms with van der Waals surface area (Å²) < 4.78 is 23.1. The lowest BCUT2D eigenvalue weighted by Crippen LogP contribution is -2.01. The first-order valence-electron chi connectivity index (χ1n) is 4.98. The van der Waals surface area contributed by atoms with Crippen molar-refractivity contribution >= 4 is 38.6 Å². The van der Waals surface area contributed by atoms with Gasteiger partial charge in [0, 0.05) is 11.8 Å². The molecule has 0 saturated carbocycles. The zero-order chi connectivity index (χ0) is 13.3. The van der Waals surface area contributed by atoms with E-state index in [0.29, 0.717) is 14.8 Å². The highest BCUT2D eigenvalue weighted by Gasteiger charge is 2.13. The molecule has 2 rings (SSSR count). The van der Waals surface area contributed by atoms with Crippen molar-refractivity contribution in [3.8, 4) is 0 Å². The molecule has 0 spiro atoms. The molecule has 94 valence electrons. The largest absolute Gasteiger partial charge is 0.288 e. The van der Waals surface area contributed by atoms with Crippen LogP contribution in [0.5, 0.6) is 0 Å². The number of ketones is 1. The number of hydrogen-bond acceptors (Lipinski definition) is 4. The van der Waals surface area contributed by atoms with Crippen molar-refractivity contribution in [1.29, 1.82) is 0 Å². The highest BCUT2D eigenvalue weighted by molar-refractivity contribution is 7.90. The molecule has 0 fully saturated rings. The summed E-state index contributed by atoms with van der Waals surface area (Å²) in [6.07, 6.45) is 1.13. The number of benzene rings is 1. The molecule has 3 nitrogen and oxygen atoms in total. The van der Waals surface area contributed by atoms with Crippen LogP contribution in [-0.2, 0) is 9.84 Å². The fourth-order valence-electron chi connectivity index (χ4n) is 1.43. The second-order valence-corrected chi connectivity index (χ2v) is 7.46. The zero-order valence-corrected chi connectivity index (χ0v) is 11.8. The van der Waals surface area contributed by atoms with Gasteiger partial charge in [-0.25, -0.2) is 8.42 Å². The topological polar surface area (TPSA) is 51.2 Å². The molecule has 0 aliphatic rings. The first-order valence-corrected chi connectivity index (χ1v) is 8.06. The summed E-state index contributed by atoms with van der Waals surface area (Å²) in [5, 5.41) is 0. The van der Waals surface area contributed by atoms with Gasteiger partial charge in [-0.05, 0) is 36.4 Å². The summed E-state index contributed by atoms with van der Waals surface area (Å²) in [7, 11) is -3.24. The van der Waals surface area contributed by atoms with Gasteiger partial charge in [-0.3, -0.25) is 4.79 Å². The smallest absolute Gasteiger partial charge is 0.202 e. The second kappa shape index (κ2) is 4.84. The molecule has 1 aromatic carbocycles. The predicted octanol–water partition coefficient (Wildman–Crippen LogP) is 3.04. The van der Waals surface area contributed by atoms with E-state index in [1.54, 1.807) is 12.1 Å². The molecule has 0 aliphatic carbocycles. The lowest BCUT2D eigenvalue weighted by Gasteiger charge is -2.00. The van der Waals surface area contributed by atoms with Gasteiger partial charge in [0.25, 0.3) is 0 Å². The molecule has 1 aromatic heterocycles. The van der Waals surface area contributed by atoms with E-state index in [2.05, 4.69) is 0 Å².